The van der Waals surface area contributed by atoms with Gasteiger partial charge in [0.1, 0.15) is 0 Å². The van der Waals surface area contributed by atoms with Crippen molar-refractivity contribution < 1.29 is 0 Å². The maximum Gasteiger partial charge on any atom is 0.0241 e. The highest BCUT2D eigenvalue weighted by Gasteiger charge is 2.09. The van der Waals surface area contributed by atoms with E-state index < -0.39 is 0 Å². The van der Waals surface area contributed by atoms with Crippen molar-refractivity contribution in [3.05, 3.63) is 36.1 Å². The molecule has 0 unspecified atom stereocenters. The number of allylic oxidation sites excluding steroid dienone is 4. The van der Waals surface area contributed by atoms with Crippen LogP contribution in [0, 0.1) is 5.92 Å². The van der Waals surface area contributed by atoms with Gasteiger partial charge in [0.05, 0.1) is 0 Å². The largest absolute Gasteiger partial charge is 0.399 e. The normalized spacial score (nSPS) is 12.7. The molecule has 2 N–H and O–H groups in total. The van der Waals surface area contributed by atoms with Gasteiger partial charge in [0.2, 0.25) is 0 Å². The van der Waals surface area contributed by atoms with Crippen LogP contribution >= 0.6 is 0 Å². The first-order valence-corrected chi connectivity index (χ1v) is 5.94. The average molecular weight is 207 g/mol. The summed E-state index contributed by atoms with van der Waals surface area (Å²) in [5.41, 5.74) is 7.55. The van der Waals surface area contributed by atoms with Crippen molar-refractivity contribution in [2.24, 2.45) is 11.7 Å². The van der Waals surface area contributed by atoms with Crippen molar-refractivity contribution in [1.82, 2.24) is 0 Å². The van der Waals surface area contributed by atoms with Gasteiger partial charge in [-0.25, -0.2) is 0 Å². The van der Waals surface area contributed by atoms with Crippen LogP contribution in [0.25, 0.3) is 0 Å². The fraction of sp³-hybridized carbons (Fsp3) is 0.571. The van der Waals surface area contributed by atoms with Crippen molar-refractivity contribution in [1.29, 1.82) is 0 Å². The molecule has 0 aromatic heterocycles. The van der Waals surface area contributed by atoms with Crippen LogP contribution in [0.1, 0.15) is 46.5 Å². The van der Waals surface area contributed by atoms with Crippen LogP contribution in [-0.2, 0) is 0 Å². The lowest BCUT2D eigenvalue weighted by molar-refractivity contribution is 0.512. The quantitative estimate of drug-likeness (QED) is 0.623. The SMILES string of the molecule is C=C(N)/C=C\C(=C/C)C(CCC)CCC. The van der Waals surface area contributed by atoms with Crippen LogP contribution in [0.4, 0.5) is 0 Å². The molecule has 0 spiro atoms. The molecule has 1 nitrogen and oxygen atoms in total. The Kier molecular flexibility index (Phi) is 7.79. The summed E-state index contributed by atoms with van der Waals surface area (Å²) in [7, 11) is 0. The Labute approximate surface area is 94.8 Å². The Morgan fingerprint density at radius 2 is 1.73 bits per heavy atom. The smallest absolute Gasteiger partial charge is 0.0241 e. The third kappa shape index (κ3) is 6.16. The zero-order valence-electron chi connectivity index (χ0n) is 10.4. The Hall–Kier alpha value is -0.980. The van der Waals surface area contributed by atoms with Gasteiger partial charge in [0.25, 0.3) is 0 Å². The Morgan fingerprint density at radius 1 is 1.20 bits per heavy atom. The molecule has 0 radical (unpaired) electrons. The number of hydrogen-bond donors (Lipinski definition) is 1. The second-order valence-electron chi connectivity index (χ2n) is 3.97. The Morgan fingerprint density at radius 3 is 2.07 bits per heavy atom. The van der Waals surface area contributed by atoms with Crippen LogP contribution < -0.4 is 5.73 Å². The monoisotopic (exact) mass is 207 g/mol. The second kappa shape index (κ2) is 8.34. The van der Waals surface area contributed by atoms with E-state index in [9.17, 15) is 0 Å². The molecule has 0 aromatic rings. The third-order valence-electron chi connectivity index (χ3n) is 2.57. The summed E-state index contributed by atoms with van der Waals surface area (Å²) in [6.45, 7) is 10.2. The van der Waals surface area contributed by atoms with Crippen LogP contribution in [0.2, 0.25) is 0 Å². The van der Waals surface area contributed by atoms with E-state index in [1.165, 1.54) is 31.3 Å². The van der Waals surface area contributed by atoms with Gasteiger partial charge in [-0.05, 0) is 37.3 Å². The highest BCUT2D eigenvalue weighted by molar-refractivity contribution is 5.26. The van der Waals surface area contributed by atoms with E-state index in [1.54, 1.807) is 0 Å². The summed E-state index contributed by atoms with van der Waals surface area (Å²) in [6, 6.07) is 0. The molecule has 0 fully saturated rings. The van der Waals surface area contributed by atoms with Gasteiger partial charge >= 0.3 is 0 Å². The van der Waals surface area contributed by atoms with Gasteiger partial charge < -0.3 is 5.73 Å². The molecule has 0 amide bonds. The van der Waals surface area contributed by atoms with E-state index >= 15 is 0 Å². The number of hydrogen-bond acceptors (Lipinski definition) is 1. The molecule has 0 aromatic carbocycles. The molecular formula is C14H25N. The van der Waals surface area contributed by atoms with E-state index in [-0.39, 0.29) is 0 Å². The van der Waals surface area contributed by atoms with Gasteiger partial charge in [-0.3, -0.25) is 0 Å². The van der Waals surface area contributed by atoms with E-state index in [0.717, 1.165) is 0 Å². The van der Waals surface area contributed by atoms with E-state index in [0.29, 0.717) is 11.6 Å². The first-order valence-electron chi connectivity index (χ1n) is 5.94. The number of nitrogens with two attached hydrogens (primary N) is 1. The van der Waals surface area contributed by atoms with Crippen molar-refractivity contribution in [3.63, 3.8) is 0 Å². The van der Waals surface area contributed by atoms with Gasteiger partial charge in [0.15, 0.2) is 0 Å². The minimum Gasteiger partial charge on any atom is -0.399 e. The molecule has 0 bridgehead atoms. The molecule has 0 aliphatic carbocycles. The molecule has 0 aliphatic heterocycles. The summed E-state index contributed by atoms with van der Waals surface area (Å²) in [5, 5.41) is 0. The summed E-state index contributed by atoms with van der Waals surface area (Å²) in [6.07, 6.45) is 11.2. The van der Waals surface area contributed by atoms with Crippen molar-refractivity contribution in [3.8, 4) is 0 Å². The molecule has 0 saturated heterocycles. The maximum atomic E-state index is 5.53. The van der Waals surface area contributed by atoms with Crippen LogP contribution in [-0.4, -0.2) is 0 Å². The topological polar surface area (TPSA) is 26.0 Å². The van der Waals surface area contributed by atoms with E-state index in [4.69, 9.17) is 5.73 Å². The van der Waals surface area contributed by atoms with Gasteiger partial charge in [0, 0.05) is 5.70 Å². The Bertz CT molecular complexity index is 230. The summed E-state index contributed by atoms with van der Waals surface area (Å²) in [5.74, 6) is 0.681. The predicted octanol–water partition coefficient (Wildman–Crippen LogP) is 4.18. The van der Waals surface area contributed by atoms with Gasteiger partial charge in [-0.2, -0.15) is 0 Å². The van der Waals surface area contributed by atoms with E-state index in [1.807, 2.05) is 6.08 Å². The molecule has 15 heavy (non-hydrogen) atoms. The molecule has 0 saturated carbocycles. The minimum atomic E-state index is 0.626. The highest BCUT2D eigenvalue weighted by atomic mass is 14.5. The van der Waals surface area contributed by atoms with Crippen LogP contribution in [0.5, 0.6) is 0 Å². The molecule has 1 heteroatoms. The zero-order chi connectivity index (χ0) is 11.7. The first kappa shape index (κ1) is 14.0. The van der Waals surface area contributed by atoms with Gasteiger partial charge in [-0.15, -0.1) is 0 Å². The Balaban J connectivity index is 4.52. The maximum absolute atomic E-state index is 5.53. The van der Waals surface area contributed by atoms with Crippen molar-refractivity contribution in [2.45, 2.75) is 46.5 Å². The van der Waals surface area contributed by atoms with Crippen molar-refractivity contribution >= 4 is 0 Å². The third-order valence-corrected chi connectivity index (χ3v) is 2.57. The van der Waals surface area contributed by atoms with Crippen LogP contribution in [0.15, 0.2) is 36.1 Å². The molecule has 0 aliphatic rings. The summed E-state index contributed by atoms with van der Waals surface area (Å²) >= 11 is 0. The summed E-state index contributed by atoms with van der Waals surface area (Å²) < 4.78 is 0. The second-order valence-corrected chi connectivity index (χ2v) is 3.97. The average Bonchev–Trinajstić information content (AvgIpc) is 2.19. The predicted molar refractivity (Wildman–Crippen MR) is 69.5 cm³/mol. The minimum absolute atomic E-state index is 0.626. The zero-order valence-corrected chi connectivity index (χ0v) is 10.4. The fourth-order valence-electron chi connectivity index (χ4n) is 1.85. The van der Waals surface area contributed by atoms with Gasteiger partial charge in [-0.1, -0.05) is 45.4 Å². The number of rotatable bonds is 7. The first-order chi connectivity index (χ1) is 7.15. The molecule has 0 heterocycles. The van der Waals surface area contributed by atoms with Crippen molar-refractivity contribution in [2.75, 3.05) is 0 Å². The lowest BCUT2D eigenvalue weighted by atomic mass is 9.89. The molecular weight excluding hydrogens is 182 g/mol. The molecule has 0 rings (SSSR count). The highest BCUT2D eigenvalue weighted by Crippen LogP contribution is 2.23. The lowest BCUT2D eigenvalue weighted by Gasteiger charge is -2.16. The molecule has 0 atom stereocenters. The summed E-state index contributed by atoms with van der Waals surface area (Å²) in [4.78, 5) is 0. The lowest BCUT2D eigenvalue weighted by Crippen LogP contribution is -2.02. The van der Waals surface area contributed by atoms with Crippen LogP contribution in [0.3, 0.4) is 0 Å². The fourth-order valence-corrected chi connectivity index (χ4v) is 1.85. The molecule has 86 valence electrons. The standard InChI is InChI=1S/C14H25N/c1-5-8-14(9-6-2)13(7-3)11-10-12(4)15/h7,10-11,14H,4-6,8-9,15H2,1-3H3/b11-10-,13-7+. The van der Waals surface area contributed by atoms with E-state index in [2.05, 4.69) is 39.5 Å².